The number of carbonyl (C=O) groups excluding carboxylic acids is 2. The summed E-state index contributed by atoms with van der Waals surface area (Å²) in [5.41, 5.74) is 1.36. The van der Waals surface area contributed by atoms with Crippen LogP contribution in [0.5, 0.6) is 0 Å². The van der Waals surface area contributed by atoms with Crippen LogP contribution in [0.3, 0.4) is 0 Å². The molecule has 8 nitrogen and oxygen atoms in total. The van der Waals surface area contributed by atoms with E-state index >= 15 is 0 Å². The fourth-order valence-electron chi connectivity index (χ4n) is 5.14. The minimum absolute atomic E-state index is 0.0451. The Morgan fingerprint density at radius 1 is 0.914 bits per heavy atom. The molecule has 1 aromatic heterocycles. The molecule has 2 unspecified atom stereocenters. The Labute approximate surface area is 207 Å². The van der Waals surface area contributed by atoms with Crippen LogP contribution in [-0.2, 0) is 21.4 Å². The van der Waals surface area contributed by atoms with E-state index in [0.717, 1.165) is 50.5 Å². The lowest BCUT2D eigenvalue weighted by Gasteiger charge is -2.32. The number of ketones is 1. The molecule has 0 spiro atoms. The number of nitrogens with one attached hydrogen (secondary N) is 3. The molecule has 4 rings (SSSR count). The first kappa shape index (κ1) is 25.3. The second-order valence-electron chi connectivity index (χ2n) is 9.61. The lowest BCUT2D eigenvalue weighted by atomic mass is 9.75. The Bertz CT molecular complexity index is 1100. The molecule has 2 saturated carbocycles. The number of aromatic nitrogens is 1. The number of pyridine rings is 1. The van der Waals surface area contributed by atoms with Crippen molar-refractivity contribution in [2.45, 2.75) is 75.3 Å². The third-order valence-electron chi connectivity index (χ3n) is 7.00. The van der Waals surface area contributed by atoms with Gasteiger partial charge in [-0.25, -0.2) is 17.9 Å². The summed E-state index contributed by atoms with van der Waals surface area (Å²) < 4.78 is 28.8. The van der Waals surface area contributed by atoms with Crippen molar-refractivity contribution in [2.75, 3.05) is 5.32 Å². The molecule has 0 aliphatic heterocycles. The number of hydrogen-bond donors (Lipinski definition) is 3. The second-order valence-corrected chi connectivity index (χ2v) is 11.3. The zero-order chi connectivity index (χ0) is 24.7. The van der Waals surface area contributed by atoms with Crippen LogP contribution in [0, 0.1) is 11.8 Å². The van der Waals surface area contributed by atoms with Crippen LogP contribution in [0.4, 0.5) is 10.5 Å². The standard InChI is InChI=1S/C26H34N4O4S/c31-25(20-7-2-1-3-8-20)21-9-4-10-23(16-21)30-35(33,34)24-13-11-22(12-14-24)29-26(32)28-18-19-6-5-15-27-17-19/h5-6,11-15,17,20-21,23,30H,1-4,7-10,16,18H2,(H2,28,29,32). The summed E-state index contributed by atoms with van der Waals surface area (Å²) in [5.74, 6) is 0.452. The molecule has 2 aromatic rings. The molecule has 0 radical (unpaired) electrons. The zero-order valence-corrected chi connectivity index (χ0v) is 20.7. The van der Waals surface area contributed by atoms with Crippen LogP contribution in [0.15, 0.2) is 53.7 Å². The van der Waals surface area contributed by atoms with Gasteiger partial charge in [-0.3, -0.25) is 9.78 Å². The minimum atomic E-state index is -3.72. The van der Waals surface area contributed by atoms with Crippen LogP contribution in [-0.4, -0.2) is 31.3 Å². The van der Waals surface area contributed by atoms with Gasteiger partial charge in [0.15, 0.2) is 0 Å². The highest BCUT2D eigenvalue weighted by Gasteiger charge is 2.33. The number of rotatable bonds is 8. The van der Waals surface area contributed by atoms with Gasteiger partial charge in [-0.15, -0.1) is 0 Å². The van der Waals surface area contributed by atoms with Gasteiger partial charge in [0.05, 0.1) is 4.90 Å². The molecule has 2 amide bonds. The summed E-state index contributed by atoms with van der Waals surface area (Å²) in [5, 5.41) is 5.43. The molecule has 2 atom stereocenters. The van der Waals surface area contributed by atoms with E-state index in [9.17, 15) is 18.0 Å². The van der Waals surface area contributed by atoms with Gasteiger partial charge in [0.2, 0.25) is 10.0 Å². The predicted molar refractivity (Wildman–Crippen MR) is 134 cm³/mol. The maximum Gasteiger partial charge on any atom is 0.319 e. The van der Waals surface area contributed by atoms with Gasteiger partial charge in [-0.2, -0.15) is 0 Å². The van der Waals surface area contributed by atoms with Gasteiger partial charge in [-0.05, 0) is 68.0 Å². The average molecular weight is 499 g/mol. The molecule has 1 aromatic carbocycles. The molecule has 0 bridgehead atoms. The highest BCUT2D eigenvalue weighted by molar-refractivity contribution is 7.89. The van der Waals surface area contributed by atoms with E-state index in [4.69, 9.17) is 0 Å². The lowest BCUT2D eigenvalue weighted by molar-refractivity contribution is -0.129. The van der Waals surface area contributed by atoms with Gasteiger partial charge < -0.3 is 10.6 Å². The Morgan fingerprint density at radius 3 is 2.37 bits per heavy atom. The smallest absolute Gasteiger partial charge is 0.319 e. The highest BCUT2D eigenvalue weighted by Crippen LogP contribution is 2.33. The first-order chi connectivity index (χ1) is 16.9. The van der Waals surface area contributed by atoms with Crippen LogP contribution in [0.25, 0.3) is 0 Å². The molecular weight excluding hydrogens is 464 g/mol. The SMILES string of the molecule is O=C(NCc1cccnc1)Nc1ccc(S(=O)(=O)NC2CCCC(C(=O)C3CCCCC3)C2)cc1. The first-order valence-electron chi connectivity index (χ1n) is 12.5. The molecular formula is C26H34N4O4S. The summed E-state index contributed by atoms with van der Waals surface area (Å²) in [7, 11) is -3.72. The van der Waals surface area contributed by atoms with E-state index in [2.05, 4.69) is 20.3 Å². The summed E-state index contributed by atoms with van der Waals surface area (Å²) in [6.45, 7) is 0.335. The van der Waals surface area contributed by atoms with Crippen molar-refractivity contribution in [2.24, 2.45) is 11.8 Å². The number of urea groups is 1. The first-order valence-corrected chi connectivity index (χ1v) is 14.0. The van der Waals surface area contributed by atoms with Crippen molar-refractivity contribution in [3.63, 3.8) is 0 Å². The average Bonchev–Trinajstić information content (AvgIpc) is 2.88. The van der Waals surface area contributed by atoms with E-state index in [0.29, 0.717) is 24.4 Å². The molecule has 188 valence electrons. The maximum absolute atomic E-state index is 13.0. The van der Waals surface area contributed by atoms with Crippen molar-refractivity contribution in [3.8, 4) is 0 Å². The summed E-state index contributed by atoms with van der Waals surface area (Å²) in [6.07, 6.45) is 11.8. The molecule has 2 aliphatic carbocycles. The van der Waals surface area contributed by atoms with E-state index in [1.807, 2.05) is 6.07 Å². The van der Waals surface area contributed by atoms with Crippen molar-refractivity contribution in [3.05, 3.63) is 54.4 Å². The normalized spacial score (nSPS) is 21.3. The Balaban J connectivity index is 1.29. The minimum Gasteiger partial charge on any atom is -0.334 e. The topological polar surface area (TPSA) is 117 Å². The summed E-state index contributed by atoms with van der Waals surface area (Å²) in [6, 6.07) is 9.12. The van der Waals surface area contributed by atoms with Crippen molar-refractivity contribution >= 4 is 27.5 Å². The van der Waals surface area contributed by atoms with Gasteiger partial charge in [0.1, 0.15) is 5.78 Å². The fourth-order valence-corrected chi connectivity index (χ4v) is 6.42. The van der Waals surface area contributed by atoms with E-state index in [-0.39, 0.29) is 22.8 Å². The largest absolute Gasteiger partial charge is 0.334 e. The maximum atomic E-state index is 13.0. The number of nitrogens with zero attached hydrogens (tertiary/aromatic N) is 1. The van der Waals surface area contributed by atoms with E-state index in [1.165, 1.54) is 18.6 Å². The molecule has 0 saturated heterocycles. The molecule has 1 heterocycles. The van der Waals surface area contributed by atoms with Crippen LogP contribution in [0.1, 0.15) is 63.4 Å². The van der Waals surface area contributed by atoms with Crippen molar-refractivity contribution < 1.29 is 18.0 Å². The van der Waals surface area contributed by atoms with Crippen LogP contribution in [0.2, 0.25) is 0 Å². The number of amides is 2. The quantitative estimate of drug-likeness (QED) is 0.499. The Hall–Kier alpha value is -2.78. The van der Waals surface area contributed by atoms with Crippen LogP contribution < -0.4 is 15.4 Å². The second kappa shape index (κ2) is 11.8. The molecule has 2 aliphatic rings. The van der Waals surface area contributed by atoms with E-state index in [1.54, 1.807) is 30.6 Å². The van der Waals surface area contributed by atoms with Gasteiger partial charge in [0.25, 0.3) is 0 Å². The zero-order valence-electron chi connectivity index (χ0n) is 19.9. The number of anilines is 1. The molecule has 2 fully saturated rings. The fraction of sp³-hybridized carbons (Fsp3) is 0.500. The van der Waals surface area contributed by atoms with Crippen molar-refractivity contribution in [1.29, 1.82) is 0 Å². The lowest BCUT2D eigenvalue weighted by Crippen LogP contribution is -2.41. The predicted octanol–water partition coefficient (Wildman–Crippen LogP) is 4.39. The third kappa shape index (κ3) is 7.11. The van der Waals surface area contributed by atoms with Gasteiger partial charge >= 0.3 is 6.03 Å². The third-order valence-corrected chi connectivity index (χ3v) is 8.54. The monoisotopic (exact) mass is 498 g/mol. The number of carbonyl (C=O) groups is 2. The number of benzene rings is 1. The molecule has 9 heteroatoms. The van der Waals surface area contributed by atoms with E-state index < -0.39 is 16.1 Å². The summed E-state index contributed by atoms with van der Waals surface area (Å²) >= 11 is 0. The highest BCUT2D eigenvalue weighted by atomic mass is 32.2. The van der Waals surface area contributed by atoms with Gasteiger partial charge in [0, 0.05) is 42.5 Å². The Kier molecular flexibility index (Phi) is 8.51. The molecule has 35 heavy (non-hydrogen) atoms. The molecule has 3 N–H and O–H groups in total. The number of Topliss-reactive ketones (excluding diaryl/α,β-unsaturated/α-hetero) is 1. The number of sulfonamides is 1. The summed E-state index contributed by atoms with van der Waals surface area (Å²) in [4.78, 5) is 29.2. The Morgan fingerprint density at radius 2 is 1.66 bits per heavy atom. The van der Waals surface area contributed by atoms with Crippen LogP contribution >= 0.6 is 0 Å². The number of hydrogen-bond acceptors (Lipinski definition) is 5. The van der Waals surface area contributed by atoms with Crippen molar-refractivity contribution in [1.82, 2.24) is 15.0 Å². The van der Waals surface area contributed by atoms with Gasteiger partial charge in [-0.1, -0.05) is 31.7 Å².